The Morgan fingerprint density at radius 3 is 2.65 bits per heavy atom. The maximum atomic E-state index is 12.6. The summed E-state index contributed by atoms with van der Waals surface area (Å²) in [6.45, 7) is -1.25. The Morgan fingerprint density at radius 2 is 2.12 bits per heavy atom. The number of nitrogen functional groups attached to an aromatic ring is 1. The predicted octanol–water partition coefficient (Wildman–Crippen LogP) is 1.84. The lowest BCUT2D eigenvalue weighted by Crippen LogP contribution is -2.35. The van der Waals surface area contributed by atoms with Gasteiger partial charge in [0.2, 0.25) is 5.95 Å². The molecule has 0 atom stereocenters. The largest absolute Gasteiger partial charge is 0.363 e. The first-order valence-corrected chi connectivity index (χ1v) is 5.05. The number of alkyl halides is 4. The third-order valence-corrected chi connectivity index (χ3v) is 2.26. The molecule has 96 valence electrons. The van der Waals surface area contributed by atoms with E-state index in [1.807, 2.05) is 0 Å². The second-order valence-electron chi connectivity index (χ2n) is 2.95. The van der Waals surface area contributed by atoms with Gasteiger partial charge >= 0.3 is 12.3 Å². The maximum Gasteiger partial charge on any atom is 0.324 e. The van der Waals surface area contributed by atoms with Crippen molar-refractivity contribution in [1.29, 1.82) is 0 Å². The number of hydrogen-bond donors (Lipinski definition) is 3. The summed E-state index contributed by atoms with van der Waals surface area (Å²) < 4.78 is 49.3. The molecule has 0 bridgehead atoms. The molecule has 0 aromatic carbocycles. The van der Waals surface area contributed by atoms with Crippen LogP contribution in [0.1, 0.15) is 0 Å². The van der Waals surface area contributed by atoms with E-state index in [1.54, 1.807) is 0 Å². The number of anilines is 2. The standard InChI is InChI=1S/C7H8BrF4N5/c8-3-1-14-6(17-13)16-4(3)15-2-7(11,12)5(9)10/h1,5H,2,13H2,(H2,14,15,16,17). The number of nitrogens with one attached hydrogen (secondary N) is 2. The van der Waals surface area contributed by atoms with E-state index in [1.165, 1.54) is 6.20 Å². The van der Waals surface area contributed by atoms with Gasteiger partial charge in [0.1, 0.15) is 5.82 Å². The molecular weight excluding hydrogens is 310 g/mol. The average molecular weight is 318 g/mol. The van der Waals surface area contributed by atoms with Crippen molar-refractivity contribution in [2.75, 3.05) is 17.3 Å². The minimum Gasteiger partial charge on any atom is -0.363 e. The summed E-state index contributed by atoms with van der Waals surface area (Å²) in [4.78, 5) is 7.34. The van der Waals surface area contributed by atoms with Crippen molar-refractivity contribution < 1.29 is 17.6 Å². The van der Waals surface area contributed by atoms with Crippen LogP contribution in [-0.2, 0) is 0 Å². The SMILES string of the molecule is NNc1ncc(Br)c(NCC(F)(F)C(F)F)n1. The molecule has 5 nitrogen and oxygen atoms in total. The molecule has 0 radical (unpaired) electrons. The zero-order valence-electron chi connectivity index (χ0n) is 8.22. The second-order valence-corrected chi connectivity index (χ2v) is 3.80. The topological polar surface area (TPSA) is 75.9 Å². The molecule has 1 heterocycles. The molecular formula is C7H8BrF4N5. The molecule has 0 fully saturated rings. The van der Waals surface area contributed by atoms with Gasteiger partial charge in [-0.2, -0.15) is 13.8 Å². The zero-order valence-corrected chi connectivity index (χ0v) is 9.81. The van der Waals surface area contributed by atoms with Crippen molar-refractivity contribution >= 4 is 27.7 Å². The van der Waals surface area contributed by atoms with Crippen LogP contribution in [0.25, 0.3) is 0 Å². The first kappa shape index (κ1) is 13.9. The molecule has 4 N–H and O–H groups in total. The van der Waals surface area contributed by atoms with Gasteiger partial charge in [-0.1, -0.05) is 0 Å². The van der Waals surface area contributed by atoms with Crippen molar-refractivity contribution in [2.45, 2.75) is 12.3 Å². The normalized spacial score (nSPS) is 11.7. The molecule has 0 amide bonds. The summed E-state index contributed by atoms with van der Waals surface area (Å²) in [6.07, 6.45) is -2.51. The van der Waals surface area contributed by atoms with Crippen LogP contribution in [0.2, 0.25) is 0 Å². The van der Waals surface area contributed by atoms with E-state index in [9.17, 15) is 17.6 Å². The molecule has 0 aliphatic heterocycles. The Labute approximate surface area is 102 Å². The van der Waals surface area contributed by atoms with Crippen molar-refractivity contribution in [2.24, 2.45) is 5.84 Å². The number of nitrogens with zero attached hydrogens (tertiary/aromatic N) is 2. The quantitative estimate of drug-likeness (QED) is 0.439. The van der Waals surface area contributed by atoms with E-state index >= 15 is 0 Å². The summed E-state index contributed by atoms with van der Waals surface area (Å²) in [5.74, 6) is 0.781. The second kappa shape index (κ2) is 5.45. The number of halogens is 5. The number of nitrogens with two attached hydrogens (primary N) is 1. The molecule has 0 unspecified atom stereocenters. The molecule has 0 saturated heterocycles. The van der Waals surface area contributed by atoms with Crippen LogP contribution in [-0.4, -0.2) is 28.9 Å². The molecule has 0 spiro atoms. The number of aromatic nitrogens is 2. The first-order chi connectivity index (χ1) is 7.86. The molecule has 1 aromatic rings. The Hall–Kier alpha value is -1.16. The number of hydrazine groups is 1. The predicted molar refractivity (Wildman–Crippen MR) is 57.0 cm³/mol. The van der Waals surface area contributed by atoms with E-state index in [0.717, 1.165) is 0 Å². The van der Waals surface area contributed by atoms with Gasteiger partial charge in [-0.05, 0) is 15.9 Å². The molecule has 1 aromatic heterocycles. The molecule has 10 heteroatoms. The van der Waals surface area contributed by atoms with Crippen LogP contribution in [0, 0.1) is 0 Å². The highest BCUT2D eigenvalue weighted by Crippen LogP contribution is 2.25. The van der Waals surface area contributed by atoms with E-state index in [2.05, 4.69) is 36.6 Å². The summed E-state index contributed by atoms with van der Waals surface area (Å²) in [7, 11) is 0. The van der Waals surface area contributed by atoms with Gasteiger partial charge in [0.15, 0.2) is 0 Å². The molecule has 0 saturated carbocycles. The highest BCUT2D eigenvalue weighted by Gasteiger charge is 2.40. The summed E-state index contributed by atoms with van der Waals surface area (Å²) in [5, 5.41) is 2.09. The van der Waals surface area contributed by atoms with E-state index in [0.29, 0.717) is 0 Å². The van der Waals surface area contributed by atoms with Crippen molar-refractivity contribution in [1.82, 2.24) is 9.97 Å². The van der Waals surface area contributed by atoms with Gasteiger partial charge in [0.25, 0.3) is 0 Å². The third-order valence-electron chi connectivity index (χ3n) is 1.68. The monoisotopic (exact) mass is 317 g/mol. The Morgan fingerprint density at radius 1 is 1.47 bits per heavy atom. The summed E-state index contributed by atoms with van der Waals surface area (Å²) >= 11 is 2.98. The van der Waals surface area contributed by atoms with Crippen LogP contribution in [0.5, 0.6) is 0 Å². The van der Waals surface area contributed by atoms with Crippen LogP contribution in [0.3, 0.4) is 0 Å². The zero-order chi connectivity index (χ0) is 13.1. The van der Waals surface area contributed by atoms with Gasteiger partial charge < -0.3 is 5.32 Å². The van der Waals surface area contributed by atoms with Gasteiger partial charge in [-0.25, -0.2) is 19.6 Å². The van der Waals surface area contributed by atoms with E-state index < -0.39 is 18.9 Å². The van der Waals surface area contributed by atoms with Crippen molar-refractivity contribution in [3.8, 4) is 0 Å². The fraction of sp³-hybridized carbons (Fsp3) is 0.429. The minimum absolute atomic E-state index is 0.0314. The van der Waals surface area contributed by atoms with Crippen LogP contribution in [0.15, 0.2) is 10.7 Å². The molecule has 17 heavy (non-hydrogen) atoms. The smallest absolute Gasteiger partial charge is 0.324 e. The van der Waals surface area contributed by atoms with Crippen LogP contribution < -0.4 is 16.6 Å². The Bertz CT molecular complexity index is 389. The summed E-state index contributed by atoms with van der Waals surface area (Å²) in [6, 6.07) is 0. The fourth-order valence-electron chi connectivity index (χ4n) is 0.839. The third kappa shape index (κ3) is 3.66. The van der Waals surface area contributed by atoms with Crippen molar-refractivity contribution in [3.63, 3.8) is 0 Å². The minimum atomic E-state index is -4.14. The summed E-state index contributed by atoms with van der Waals surface area (Å²) in [5.41, 5.74) is 2.10. The number of hydrogen-bond acceptors (Lipinski definition) is 5. The van der Waals surface area contributed by atoms with E-state index in [4.69, 9.17) is 5.84 Å². The van der Waals surface area contributed by atoms with Crippen LogP contribution >= 0.6 is 15.9 Å². The fourth-order valence-corrected chi connectivity index (χ4v) is 1.17. The lowest BCUT2D eigenvalue weighted by atomic mass is 10.3. The maximum absolute atomic E-state index is 12.6. The van der Waals surface area contributed by atoms with Gasteiger partial charge in [-0.15, -0.1) is 0 Å². The van der Waals surface area contributed by atoms with E-state index in [-0.39, 0.29) is 16.2 Å². The Balaban J connectivity index is 2.75. The lowest BCUT2D eigenvalue weighted by molar-refractivity contribution is -0.117. The lowest BCUT2D eigenvalue weighted by Gasteiger charge is -2.16. The molecule has 0 aliphatic rings. The highest BCUT2D eigenvalue weighted by molar-refractivity contribution is 9.10. The average Bonchev–Trinajstić information content (AvgIpc) is 2.28. The first-order valence-electron chi connectivity index (χ1n) is 4.26. The highest BCUT2D eigenvalue weighted by atomic mass is 79.9. The Kier molecular flexibility index (Phi) is 4.46. The van der Waals surface area contributed by atoms with Crippen molar-refractivity contribution in [3.05, 3.63) is 10.7 Å². The van der Waals surface area contributed by atoms with Crippen LogP contribution in [0.4, 0.5) is 29.3 Å². The van der Waals surface area contributed by atoms with Gasteiger partial charge in [0, 0.05) is 6.20 Å². The van der Waals surface area contributed by atoms with Gasteiger partial charge in [0.05, 0.1) is 11.0 Å². The molecule has 0 aliphatic carbocycles. The molecule has 1 rings (SSSR count). The number of rotatable bonds is 5. The van der Waals surface area contributed by atoms with Gasteiger partial charge in [-0.3, -0.25) is 5.43 Å².